The van der Waals surface area contributed by atoms with Crippen LogP contribution >= 0.6 is 0 Å². The second-order valence-corrected chi connectivity index (χ2v) is 4.79. The third-order valence-electron chi connectivity index (χ3n) is 3.39. The quantitative estimate of drug-likeness (QED) is 0.764. The van der Waals surface area contributed by atoms with Gasteiger partial charge >= 0.3 is 0 Å². The Labute approximate surface area is 118 Å². The largest absolute Gasteiger partial charge is 0.488 e. The molecule has 0 aromatic heterocycles. The highest BCUT2D eigenvalue weighted by Gasteiger charge is 2.21. The van der Waals surface area contributed by atoms with Gasteiger partial charge in [-0.1, -0.05) is 13.0 Å². The van der Waals surface area contributed by atoms with Gasteiger partial charge in [-0.15, -0.1) is 0 Å². The zero-order valence-corrected chi connectivity index (χ0v) is 11.7. The molecular weight excluding hydrogens is 258 g/mol. The van der Waals surface area contributed by atoms with Crippen LogP contribution in [-0.2, 0) is 4.74 Å². The molecule has 1 saturated heterocycles. The predicted molar refractivity (Wildman–Crippen MR) is 76.7 cm³/mol. The van der Waals surface area contributed by atoms with Gasteiger partial charge < -0.3 is 20.9 Å². The van der Waals surface area contributed by atoms with Crippen LogP contribution < -0.4 is 16.2 Å². The first-order chi connectivity index (χ1) is 9.61. The fourth-order valence-corrected chi connectivity index (χ4v) is 2.25. The molecule has 2 rings (SSSR count). The minimum atomic E-state index is -0.549. The summed E-state index contributed by atoms with van der Waals surface area (Å²) >= 11 is 0. The number of hydrogen-bond donors (Lipinski definition) is 2. The van der Waals surface area contributed by atoms with Crippen LogP contribution in [0.15, 0.2) is 18.2 Å². The second-order valence-electron chi connectivity index (χ2n) is 4.79. The Bertz CT molecular complexity index is 479. The summed E-state index contributed by atoms with van der Waals surface area (Å²) in [4.78, 5) is 13.7. The van der Waals surface area contributed by atoms with Gasteiger partial charge in [0.1, 0.15) is 12.7 Å². The minimum absolute atomic E-state index is 0.0240. The van der Waals surface area contributed by atoms with E-state index >= 15 is 0 Å². The third-order valence-corrected chi connectivity index (χ3v) is 3.39. The van der Waals surface area contributed by atoms with Crippen molar-refractivity contribution in [1.29, 1.82) is 0 Å². The Hall–Kier alpha value is -1.79. The van der Waals surface area contributed by atoms with Crippen LogP contribution in [0.1, 0.15) is 17.3 Å². The van der Waals surface area contributed by atoms with Crippen LogP contribution in [0.2, 0.25) is 0 Å². The van der Waals surface area contributed by atoms with E-state index in [1.807, 2.05) is 0 Å². The molecule has 20 heavy (non-hydrogen) atoms. The number of morpholine rings is 1. The lowest BCUT2D eigenvalue weighted by Crippen LogP contribution is -2.44. The number of primary amides is 1. The second kappa shape index (κ2) is 6.58. The molecule has 1 amide bonds. The van der Waals surface area contributed by atoms with Crippen LogP contribution in [-0.4, -0.2) is 49.8 Å². The molecule has 1 unspecified atom stereocenters. The van der Waals surface area contributed by atoms with Gasteiger partial charge in [0, 0.05) is 13.1 Å². The molecule has 1 aliphatic heterocycles. The monoisotopic (exact) mass is 279 g/mol. The van der Waals surface area contributed by atoms with Crippen molar-refractivity contribution in [2.75, 3.05) is 38.6 Å². The summed E-state index contributed by atoms with van der Waals surface area (Å²) in [6.07, 6.45) is -0.0240. The van der Waals surface area contributed by atoms with Gasteiger partial charge in [0.15, 0.2) is 5.75 Å². The van der Waals surface area contributed by atoms with E-state index in [9.17, 15) is 4.79 Å². The van der Waals surface area contributed by atoms with Crippen molar-refractivity contribution in [3.8, 4) is 5.75 Å². The lowest BCUT2D eigenvalue weighted by Gasteiger charge is -2.32. The zero-order valence-electron chi connectivity index (χ0n) is 11.7. The van der Waals surface area contributed by atoms with Gasteiger partial charge in [-0.25, -0.2) is 0 Å². The Morgan fingerprint density at radius 3 is 3.05 bits per heavy atom. The van der Waals surface area contributed by atoms with Gasteiger partial charge in [0.05, 0.1) is 17.9 Å². The molecule has 1 aromatic carbocycles. The summed E-state index contributed by atoms with van der Waals surface area (Å²) in [5.41, 5.74) is 11.9. The van der Waals surface area contributed by atoms with E-state index in [0.29, 0.717) is 30.2 Å². The van der Waals surface area contributed by atoms with Crippen LogP contribution in [0.4, 0.5) is 5.69 Å². The highest BCUT2D eigenvalue weighted by atomic mass is 16.5. The van der Waals surface area contributed by atoms with Crippen molar-refractivity contribution in [2.45, 2.75) is 13.0 Å². The van der Waals surface area contributed by atoms with Gasteiger partial charge in [0.2, 0.25) is 0 Å². The summed E-state index contributed by atoms with van der Waals surface area (Å²) in [5, 5.41) is 0. The van der Waals surface area contributed by atoms with Gasteiger partial charge in [-0.2, -0.15) is 0 Å². The molecule has 1 heterocycles. The summed E-state index contributed by atoms with van der Waals surface area (Å²) in [7, 11) is 0. The molecule has 1 aromatic rings. The maximum Gasteiger partial charge on any atom is 0.252 e. The first kappa shape index (κ1) is 14.6. The van der Waals surface area contributed by atoms with Crippen molar-refractivity contribution < 1.29 is 14.3 Å². The number of nitrogen functional groups attached to an aromatic ring is 1. The number of benzene rings is 1. The summed E-state index contributed by atoms with van der Waals surface area (Å²) in [6.45, 7) is 5.89. The van der Waals surface area contributed by atoms with Gasteiger partial charge in [0.25, 0.3) is 5.91 Å². The van der Waals surface area contributed by atoms with Crippen LogP contribution in [0.5, 0.6) is 5.75 Å². The van der Waals surface area contributed by atoms with Crippen LogP contribution in [0.25, 0.3) is 0 Å². The standard InChI is InChI=1S/C14H21N3O3/c1-2-17-6-7-19-10(8-17)9-20-13-11(14(16)18)4-3-5-12(13)15/h3-5,10H,2,6-9,15H2,1H3,(H2,16,18). The number of rotatable bonds is 5. The predicted octanol–water partition coefficient (Wildman–Crippen LogP) is 0.467. The maximum absolute atomic E-state index is 11.4. The number of likely N-dealkylation sites (N-methyl/N-ethyl adjacent to an activating group) is 1. The topological polar surface area (TPSA) is 90.8 Å². The lowest BCUT2D eigenvalue weighted by atomic mass is 10.1. The molecule has 6 heteroatoms. The number of carbonyl (C=O) groups excluding carboxylic acids is 1. The normalized spacial score (nSPS) is 19.8. The molecular formula is C14H21N3O3. The van der Waals surface area contributed by atoms with Crippen molar-refractivity contribution in [3.63, 3.8) is 0 Å². The highest BCUT2D eigenvalue weighted by molar-refractivity contribution is 5.97. The van der Waals surface area contributed by atoms with E-state index < -0.39 is 5.91 Å². The summed E-state index contributed by atoms with van der Waals surface area (Å²) < 4.78 is 11.3. The van der Waals surface area contributed by atoms with Crippen LogP contribution in [0, 0.1) is 0 Å². The maximum atomic E-state index is 11.4. The van der Waals surface area contributed by atoms with Crippen molar-refractivity contribution >= 4 is 11.6 Å². The van der Waals surface area contributed by atoms with E-state index in [1.165, 1.54) is 0 Å². The Morgan fingerprint density at radius 2 is 2.35 bits per heavy atom. The minimum Gasteiger partial charge on any atom is -0.488 e. The molecule has 1 aliphatic rings. The summed E-state index contributed by atoms with van der Waals surface area (Å²) in [5.74, 6) is -0.204. The number of carbonyl (C=O) groups is 1. The van der Waals surface area contributed by atoms with E-state index in [4.69, 9.17) is 20.9 Å². The van der Waals surface area contributed by atoms with Crippen molar-refractivity contribution in [3.05, 3.63) is 23.8 Å². The summed E-state index contributed by atoms with van der Waals surface area (Å²) in [6, 6.07) is 4.97. The molecule has 0 bridgehead atoms. The fourth-order valence-electron chi connectivity index (χ4n) is 2.25. The van der Waals surface area contributed by atoms with E-state index in [2.05, 4.69) is 11.8 Å². The molecule has 0 radical (unpaired) electrons. The number of ether oxygens (including phenoxy) is 2. The van der Waals surface area contributed by atoms with Gasteiger partial charge in [-0.3, -0.25) is 9.69 Å². The number of amides is 1. The van der Waals surface area contributed by atoms with E-state index in [1.54, 1.807) is 18.2 Å². The highest BCUT2D eigenvalue weighted by Crippen LogP contribution is 2.26. The number of hydrogen-bond acceptors (Lipinski definition) is 5. The molecule has 1 fully saturated rings. The molecule has 4 N–H and O–H groups in total. The molecule has 0 saturated carbocycles. The van der Waals surface area contributed by atoms with E-state index in [-0.39, 0.29) is 6.10 Å². The first-order valence-corrected chi connectivity index (χ1v) is 6.76. The molecule has 0 aliphatic carbocycles. The van der Waals surface area contributed by atoms with E-state index in [0.717, 1.165) is 19.6 Å². The molecule has 110 valence electrons. The molecule has 1 atom stereocenters. The SMILES string of the molecule is CCN1CCOC(COc2c(N)cccc2C(N)=O)C1. The average molecular weight is 279 g/mol. The molecule has 6 nitrogen and oxygen atoms in total. The average Bonchev–Trinajstić information content (AvgIpc) is 2.45. The van der Waals surface area contributed by atoms with Gasteiger partial charge in [-0.05, 0) is 18.7 Å². The lowest BCUT2D eigenvalue weighted by molar-refractivity contribution is -0.0463. The number of nitrogens with zero attached hydrogens (tertiary/aromatic N) is 1. The van der Waals surface area contributed by atoms with Crippen molar-refractivity contribution in [1.82, 2.24) is 4.90 Å². The molecule has 0 spiro atoms. The Kier molecular flexibility index (Phi) is 4.81. The number of para-hydroxylation sites is 1. The zero-order chi connectivity index (χ0) is 14.5. The van der Waals surface area contributed by atoms with Crippen molar-refractivity contribution in [2.24, 2.45) is 5.73 Å². The van der Waals surface area contributed by atoms with Crippen LogP contribution in [0.3, 0.4) is 0 Å². The Balaban J connectivity index is 2.02. The third kappa shape index (κ3) is 3.40. The smallest absolute Gasteiger partial charge is 0.252 e. The number of nitrogens with two attached hydrogens (primary N) is 2. The Morgan fingerprint density at radius 1 is 1.55 bits per heavy atom. The first-order valence-electron chi connectivity index (χ1n) is 6.76. The number of anilines is 1. The fraction of sp³-hybridized carbons (Fsp3) is 0.500.